The van der Waals surface area contributed by atoms with E-state index in [0.717, 1.165) is 11.3 Å². The van der Waals surface area contributed by atoms with Gasteiger partial charge in [-0.1, -0.05) is 18.2 Å². The summed E-state index contributed by atoms with van der Waals surface area (Å²) in [6.07, 6.45) is 0.150. The van der Waals surface area contributed by atoms with Gasteiger partial charge in [-0.15, -0.1) is 0 Å². The molecule has 0 amide bonds. The maximum Gasteiger partial charge on any atom is 0.332 e. The summed E-state index contributed by atoms with van der Waals surface area (Å²) in [6.45, 7) is 4.23. The second kappa shape index (κ2) is 4.37. The van der Waals surface area contributed by atoms with Gasteiger partial charge in [-0.3, -0.25) is 0 Å². The van der Waals surface area contributed by atoms with Crippen LogP contribution in [-0.2, 0) is 9.53 Å². The Balaban J connectivity index is 2.31. The summed E-state index contributed by atoms with van der Waals surface area (Å²) < 4.78 is 5.40. The first-order chi connectivity index (χ1) is 8.06. The molecular weight excluding hydrogens is 218 g/mol. The van der Waals surface area contributed by atoms with E-state index in [1.54, 1.807) is 6.92 Å². The SMILES string of the molecule is Cc1ccccc1NC1(C(=O)O)CCOC1C. The lowest BCUT2D eigenvalue weighted by Crippen LogP contribution is -2.51. The molecule has 4 heteroatoms. The van der Waals surface area contributed by atoms with Gasteiger partial charge in [0, 0.05) is 18.7 Å². The molecule has 17 heavy (non-hydrogen) atoms. The highest BCUT2D eigenvalue weighted by Crippen LogP contribution is 2.31. The average molecular weight is 235 g/mol. The second-order valence-corrected chi connectivity index (χ2v) is 4.48. The molecule has 4 nitrogen and oxygen atoms in total. The van der Waals surface area contributed by atoms with Gasteiger partial charge in [-0.05, 0) is 25.5 Å². The quantitative estimate of drug-likeness (QED) is 0.841. The minimum atomic E-state index is -1.01. The zero-order valence-electron chi connectivity index (χ0n) is 10.1. The monoisotopic (exact) mass is 235 g/mol. The highest BCUT2D eigenvalue weighted by Gasteiger charge is 2.48. The number of hydrogen-bond donors (Lipinski definition) is 2. The molecule has 2 rings (SSSR count). The Morgan fingerprint density at radius 3 is 2.76 bits per heavy atom. The van der Waals surface area contributed by atoms with Crippen molar-refractivity contribution < 1.29 is 14.6 Å². The average Bonchev–Trinajstić information content (AvgIpc) is 2.65. The third-order valence-electron chi connectivity index (χ3n) is 3.44. The fraction of sp³-hybridized carbons (Fsp3) is 0.462. The third-order valence-corrected chi connectivity index (χ3v) is 3.44. The molecule has 1 aromatic rings. The van der Waals surface area contributed by atoms with Crippen LogP contribution in [-0.4, -0.2) is 29.3 Å². The topological polar surface area (TPSA) is 58.6 Å². The minimum Gasteiger partial charge on any atom is -0.479 e. The zero-order chi connectivity index (χ0) is 12.5. The molecule has 2 unspecified atom stereocenters. The molecule has 1 aliphatic rings. The molecule has 0 spiro atoms. The van der Waals surface area contributed by atoms with Crippen LogP contribution in [0.1, 0.15) is 18.9 Å². The summed E-state index contributed by atoms with van der Waals surface area (Å²) in [6, 6.07) is 7.68. The van der Waals surface area contributed by atoms with Gasteiger partial charge in [-0.2, -0.15) is 0 Å². The maximum atomic E-state index is 11.5. The molecule has 0 saturated carbocycles. The van der Waals surface area contributed by atoms with Crippen LogP contribution in [0, 0.1) is 6.92 Å². The molecule has 0 aliphatic carbocycles. The first-order valence-electron chi connectivity index (χ1n) is 5.75. The van der Waals surface area contributed by atoms with Crippen LogP contribution in [0.15, 0.2) is 24.3 Å². The van der Waals surface area contributed by atoms with Crippen molar-refractivity contribution in [3.63, 3.8) is 0 Å². The number of anilines is 1. The van der Waals surface area contributed by atoms with Gasteiger partial charge < -0.3 is 15.2 Å². The fourth-order valence-electron chi connectivity index (χ4n) is 2.19. The van der Waals surface area contributed by atoms with Gasteiger partial charge >= 0.3 is 5.97 Å². The van der Waals surface area contributed by atoms with Crippen molar-refractivity contribution in [3.05, 3.63) is 29.8 Å². The Bertz CT molecular complexity index is 432. The molecule has 2 atom stereocenters. The summed E-state index contributed by atoms with van der Waals surface area (Å²) in [7, 11) is 0. The molecule has 1 aromatic carbocycles. The first-order valence-corrected chi connectivity index (χ1v) is 5.75. The van der Waals surface area contributed by atoms with E-state index in [2.05, 4.69) is 5.32 Å². The number of carbonyl (C=O) groups is 1. The van der Waals surface area contributed by atoms with Gasteiger partial charge in [0.2, 0.25) is 0 Å². The Kier molecular flexibility index (Phi) is 3.07. The molecule has 2 N–H and O–H groups in total. The highest BCUT2D eigenvalue weighted by atomic mass is 16.5. The van der Waals surface area contributed by atoms with E-state index in [-0.39, 0.29) is 6.10 Å². The van der Waals surface area contributed by atoms with Crippen molar-refractivity contribution in [2.75, 3.05) is 11.9 Å². The van der Waals surface area contributed by atoms with Crippen molar-refractivity contribution in [2.24, 2.45) is 0 Å². The Labute approximate surface area is 101 Å². The smallest absolute Gasteiger partial charge is 0.332 e. The van der Waals surface area contributed by atoms with Crippen molar-refractivity contribution in [3.8, 4) is 0 Å². The number of hydrogen-bond acceptors (Lipinski definition) is 3. The van der Waals surface area contributed by atoms with Crippen LogP contribution >= 0.6 is 0 Å². The Morgan fingerprint density at radius 2 is 2.24 bits per heavy atom. The van der Waals surface area contributed by atoms with Crippen LogP contribution in [0.4, 0.5) is 5.69 Å². The maximum absolute atomic E-state index is 11.5. The van der Waals surface area contributed by atoms with Crippen molar-refractivity contribution >= 4 is 11.7 Å². The molecule has 1 fully saturated rings. The third kappa shape index (κ3) is 2.00. The first kappa shape index (κ1) is 11.9. The standard InChI is InChI=1S/C13H17NO3/c1-9-5-3-4-6-11(9)14-13(12(15)16)7-8-17-10(13)2/h3-6,10,14H,7-8H2,1-2H3,(H,15,16). The van der Waals surface area contributed by atoms with Crippen LogP contribution in [0.2, 0.25) is 0 Å². The highest BCUT2D eigenvalue weighted by molar-refractivity contribution is 5.84. The molecular formula is C13H17NO3. The lowest BCUT2D eigenvalue weighted by molar-refractivity contribution is -0.143. The number of aryl methyl sites for hydroxylation is 1. The van der Waals surface area contributed by atoms with E-state index in [9.17, 15) is 9.90 Å². The van der Waals surface area contributed by atoms with Crippen molar-refractivity contribution in [2.45, 2.75) is 31.9 Å². The largest absolute Gasteiger partial charge is 0.479 e. The molecule has 1 saturated heterocycles. The minimum absolute atomic E-state index is 0.334. The second-order valence-electron chi connectivity index (χ2n) is 4.48. The fourth-order valence-corrected chi connectivity index (χ4v) is 2.19. The van der Waals surface area contributed by atoms with Crippen molar-refractivity contribution in [1.29, 1.82) is 0 Å². The number of aliphatic carboxylic acids is 1. The summed E-state index contributed by atoms with van der Waals surface area (Å²) >= 11 is 0. The molecule has 0 radical (unpaired) electrons. The summed E-state index contributed by atoms with van der Waals surface area (Å²) in [4.78, 5) is 11.5. The van der Waals surface area contributed by atoms with Gasteiger partial charge in [0.25, 0.3) is 0 Å². The number of carboxylic acid groups (broad SMARTS) is 1. The number of para-hydroxylation sites is 1. The van der Waals surface area contributed by atoms with Gasteiger partial charge in [0.1, 0.15) is 0 Å². The van der Waals surface area contributed by atoms with E-state index >= 15 is 0 Å². The van der Waals surface area contributed by atoms with Crippen LogP contribution in [0.25, 0.3) is 0 Å². The predicted molar refractivity (Wildman–Crippen MR) is 65.2 cm³/mol. The molecule has 0 bridgehead atoms. The normalized spacial score (nSPS) is 28.0. The van der Waals surface area contributed by atoms with Gasteiger partial charge in [0.05, 0.1) is 6.10 Å². The van der Waals surface area contributed by atoms with E-state index in [0.29, 0.717) is 13.0 Å². The van der Waals surface area contributed by atoms with E-state index in [1.807, 2.05) is 31.2 Å². The molecule has 1 aliphatic heterocycles. The van der Waals surface area contributed by atoms with E-state index in [1.165, 1.54) is 0 Å². The zero-order valence-corrected chi connectivity index (χ0v) is 10.1. The molecule has 1 heterocycles. The van der Waals surface area contributed by atoms with E-state index in [4.69, 9.17) is 4.74 Å². The lowest BCUT2D eigenvalue weighted by atomic mass is 9.91. The number of ether oxygens (including phenoxy) is 1. The van der Waals surface area contributed by atoms with Gasteiger partial charge in [0.15, 0.2) is 5.54 Å². The van der Waals surface area contributed by atoms with E-state index < -0.39 is 11.5 Å². The van der Waals surface area contributed by atoms with Crippen molar-refractivity contribution in [1.82, 2.24) is 0 Å². The number of rotatable bonds is 3. The molecule has 0 aromatic heterocycles. The summed E-state index contributed by atoms with van der Waals surface area (Å²) in [5.41, 5.74) is 0.881. The number of nitrogens with one attached hydrogen (secondary N) is 1. The summed E-state index contributed by atoms with van der Waals surface area (Å²) in [5.74, 6) is -0.856. The Hall–Kier alpha value is -1.55. The lowest BCUT2D eigenvalue weighted by Gasteiger charge is -2.30. The number of benzene rings is 1. The number of carboxylic acids is 1. The predicted octanol–water partition coefficient (Wildman–Crippen LogP) is 2.04. The van der Waals surface area contributed by atoms with Crippen LogP contribution in [0.3, 0.4) is 0 Å². The van der Waals surface area contributed by atoms with Crippen LogP contribution in [0.5, 0.6) is 0 Å². The molecule has 92 valence electrons. The Morgan fingerprint density at radius 1 is 1.53 bits per heavy atom. The summed E-state index contributed by atoms with van der Waals surface area (Å²) in [5, 5.41) is 12.6. The van der Waals surface area contributed by atoms with Crippen LogP contribution < -0.4 is 5.32 Å². The van der Waals surface area contributed by atoms with Gasteiger partial charge in [-0.25, -0.2) is 4.79 Å².